The van der Waals surface area contributed by atoms with Crippen LogP contribution in [-0.2, 0) is 16.0 Å². The van der Waals surface area contributed by atoms with Crippen LogP contribution in [0.5, 0.6) is 0 Å². The van der Waals surface area contributed by atoms with Crippen LogP contribution in [0, 0.1) is 0 Å². The number of thioether (sulfide) groups is 1. The van der Waals surface area contributed by atoms with Crippen molar-refractivity contribution in [1.29, 1.82) is 0 Å². The van der Waals surface area contributed by atoms with Gasteiger partial charge in [-0.2, -0.15) is 0 Å². The molecule has 3 aromatic rings. The average Bonchev–Trinajstić information content (AvgIpc) is 3.30. The van der Waals surface area contributed by atoms with E-state index in [4.69, 9.17) is 0 Å². The van der Waals surface area contributed by atoms with Gasteiger partial charge in [0.2, 0.25) is 5.91 Å². The molecule has 158 valence electrons. The van der Waals surface area contributed by atoms with Crippen LogP contribution in [0.15, 0.2) is 59.5 Å². The lowest BCUT2D eigenvalue weighted by atomic mass is 10.2. The molecular formula is C23H21N3O3S2. The molecule has 2 aromatic carbocycles. The van der Waals surface area contributed by atoms with Gasteiger partial charge in [0, 0.05) is 19.5 Å². The van der Waals surface area contributed by atoms with Crippen molar-refractivity contribution in [2.45, 2.75) is 19.3 Å². The second kappa shape index (κ2) is 9.89. The number of aryl methyl sites for hydroxylation is 1. The van der Waals surface area contributed by atoms with Gasteiger partial charge in [-0.15, -0.1) is 11.3 Å². The minimum absolute atomic E-state index is 0.0899. The van der Waals surface area contributed by atoms with Crippen LogP contribution in [0.4, 0.5) is 4.79 Å². The van der Waals surface area contributed by atoms with Crippen molar-refractivity contribution in [3.05, 3.63) is 70.1 Å². The van der Waals surface area contributed by atoms with Gasteiger partial charge in [-0.3, -0.25) is 19.3 Å². The lowest BCUT2D eigenvalue weighted by Gasteiger charge is -2.12. The van der Waals surface area contributed by atoms with Crippen LogP contribution in [0.3, 0.4) is 0 Å². The third-order valence-electron chi connectivity index (χ3n) is 4.76. The molecule has 31 heavy (non-hydrogen) atoms. The van der Waals surface area contributed by atoms with E-state index >= 15 is 0 Å². The molecular weight excluding hydrogens is 430 g/mol. The van der Waals surface area contributed by atoms with Crippen LogP contribution in [0.1, 0.15) is 23.4 Å². The molecule has 4 rings (SSSR count). The number of imide groups is 1. The fourth-order valence-corrected chi connectivity index (χ4v) is 5.09. The maximum absolute atomic E-state index is 12.5. The first-order valence-electron chi connectivity index (χ1n) is 10.0. The Kier molecular flexibility index (Phi) is 6.79. The van der Waals surface area contributed by atoms with E-state index in [1.165, 1.54) is 4.90 Å². The van der Waals surface area contributed by atoms with Crippen molar-refractivity contribution in [2.75, 3.05) is 13.1 Å². The minimum atomic E-state index is -0.316. The van der Waals surface area contributed by atoms with Crippen LogP contribution < -0.4 is 5.32 Å². The number of hydrogen-bond donors (Lipinski definition) is 1. The van der Waals surface area contributed by atoms with Crippen molar-refractivity contribution in [2.24, 2.45) is 0 Å². The predicted octanol–water partition coefficient (Wildman–Crippen LogP) is 4.47. The molecule has 2 heterocycles. The highest BCUT2D eigenvalue weighted by atomic mass is 32.2. The van der Waals surface area contributed by atoms with E-state index in [9.17, 15) is 14.4 Å². The van der Waals surface area contributed by atoms with E-state index in [1.807, 2.05) is 54.6 Å². The van der Waals surface area contributed by atoms with E-state index < -0.39 is 0 Å². The summed E-state index contributed by atoms with van der Waals surface area (Å²) in [6, 6.07) is 17.4. The van der Waals surface area contributed by atoms with Crippen molar-refractivity contribution in [3.63, 3.8) is 0 Å². The summed E-state index contributed by atoms with van der Waals surface area (Å²) < 4.78 is 1.15. The van der Waals surface area contributed by atoms with E-state index in [2.05, 4.69) is 10.3 Å². The Morgan fingerprint density at radius 1 is 1.06 bits per heavy atom. The quantitative estimate of drug-likeness (QED) is 0.511. The van der Waals surface area contributed by atoms with Gasteiger partial charge in [-0.1, -0.05) is 42.5 Å². The lowest BCUT2D eigenvalue weighted by molar-refractivity contribution is -0.124. The summed E-state index contributed by atoms with van der Waals surface area (Å²) in [4.78, 5) is 42.9. The molecule has 1 aliphatic rings. The normalized spacial score (nSPS) is 15.2. The Bertz CT molecular complexity index is 1110. The number of carbonyl (C=O) groups is 3. The van der Waals surface area contributed by atoms with Gasteiger partial charge in [0.25, 0.3) is 11.1 Å². The second-order valence-electron chi connectivity index (χ2n) is 7.02. The summed E-state index contributed by atoms with van der Waals surface area (Å²) in [6.45, 7) is 0.414. The van der Waals surface area contributed by atoms with E-state index in [0.717, 1.165) is 39.0 Å². The van der Waals surface area contributed by atoms with Gasteiger partial charge in [-0.25, -0.2) is 4.98 Å². The number of amides is 3. The maximum Gasteiger partial charge on any atom is 0.293 e. The van der Waals surface area contributed by atoms with Gasteiger partial charge in [0.15, 0.2) is 0 Å². The Labute approximate surface area is 188 Å². The fraction of sp³-hybridized carbons (Fsp3) is 0.217. The molecule has 0 atom stereocenters. The smallest absolute Gasteiger partial charge is 0.293 e. The molecule has 1 saturated heterocycles. The Morgan fingerprint density at radius 3 is 2.65 bits per heavy atom. The fourth-order valence-electron chi connectivity index (χ4n) is 3.22. The number of fused-ring (bicyclic) bond motifs is 1. The predicted molar refractivity (Wildman–Crippen MR) is 125 cm³/mol. The SMILES string of the molecule is O=C(CCCc1nc2ccccc2s1)NCCN1C(=O)S/C(=C/c2ccccc2)C1=O. The molecule has 6 nitrogen and oxygen atoms in total. The Balaban J connectivity index is 1.20. The highest BCUT2D eigenvalue weighted by Crippen LogP contribution is 2.31. The zero-order chi connectivity index (χ0) is 21.6. The van der Waals surface area contributed by atoms with E-state index in [-0.39, 0.29) is 30.1 Å². The highest BCUT2D eigenvalue weighted by molar-refractivity contribution is 8.18. The van der Waals surface area contributed by atoms with Crippen LogP contribution in [-0.4, -0.2) is 40.0 Å². The topological polar surface area (TPSA) is 79.4 Å². The summed E-state index contributed by atoms with van der Waals surface area (Å²) in [5.41, 5.74) is 1.86. The van der Waals surface area contributed by atoms with Crippen LogP contribution in [0.2, 0.25) is 0 Å². The molecule has 0 radical (unpaired) electrons. The zero-order valence-electron chi connectivity index (χ0n) is 16.7. The third kappa shape index (κ3) is 5.39. The third-order valence-corrected chi connectivity index (χ3v) is 6.76. The van der Waals surface area contributed by atoms with Crippen LogP contribution in [0.25, 0.3) is 16.3 Å². The highest BCUT2D eigenvalue weighted by Gasteiger charge is 2.34. The molecule has 1 aliphatic heterocycles. The molecule has 1 aromatic heterocycles. The summed E-state index contributed by atoms with van der Waals surface area (Å²) in [5, 5.41) is 3.51. The molecule has 8 heteroatoms. The number of para-hydroxylation sites is 1. The van der Waals surface area contributed by atoms with E-state index in [0.29, 0.717) is 17.7 Å². The number of thiazole rings is 1. The standard InChI is InChI=1S/C23H21N3O3S2/c27-20(11-6-12-21-25-17-9-4-5-10-18(17)30-21)24-13-14-26-22(28)19(31-23(26)29)15-16-7-2-1-3-8-16/h1-5,7-10,15H,6,11-14H2,(H,24,27)/b19-15+. The first kappa shape index (κ1) is 21.3. The first-order valence-corrected chi connectivity index (χ1v) is 11.6. The number of aromatic nitrogens is 1. The number of nitrogens with zero attached hydrogens (tertiary/aromatic N) is 2. The van der Waals surface area contributed by atoms with Crippen LogP contribution >= 0.6 is 23.1 Å². The molecule has 0 bridgehead atoms. The number of nitrogens with one attached hydrogen (secondary N) is 1. The lowest BCUT2D eigenvalue weighted by Crippen LogP contribution is -2.37. The van der Waals surface area contributed by atoms with Gasteiger partial charge in [-0.05, 0) is 48.4 Å². The van der Waals surface area contributed by atoms with Crippen molar-refractivity contribution in [1.82, 2.24) is 15.2 Å². The molecule has 0 saturated carbocycles. The summed E-state index contributed by atoms with van der Waals surface area (Å²) in [5.74, 6) is -0.406. The monoisotopic (exact) mass is 451 g/mol. The molecule has 0 aliphatic carbocycles. The van der Waals surface area contributed by atoms with Gasteiger partial charge >= 0.3 is 0 Å². The first-order chi connectivity index (χ1) is 15.1. The van der Waals surface area contributed by atoms with Crippen molar-refractivity contribution < 1.29 is 14.4 Å². The number of benzene rings is 2. The zero-order valence-corrected chi connectivity index (χ0v) is 18.4. The van der Waals surface area contributed by atoms with Gasteiger partial charge in [0.05, 0.1) is 20.1 Å². The van der Waals surface area contributed by atoms with Gasteiger partial charge in [0.1, 0.15) is 0 Å². The van der Waals surface area contributed by atoms with E-state index in [1.54, 1.807) is 17.4 Å². The Morgan fingerprint density at radius 2 is 1.84 bits per heavy atom. The van der Waals surface area contributed by atoms with Crippen molar-refractivity contribution in [3.8, 4) is 0 Å². The average molecular weight is 452 g/mol. The molecule has 1 N–H and O–H groups in total. The maximum atomic E-state index is 12.5. The Hall–Kier alpha value is -2.97. The second-order valence-corrected chi connectivity index (χ2v) is 9.13. The number of rotatable bonds is 8. The summed E-state index contributed by atoms with van der Waals surface area (Å²) >= 11 is 2.58. The number of carbonyl (C=O) groups excluding carboxylic acids is 3. The molecule has 1 fully saturated rings. The number of hydrogen-bond acceptors (Lipinski definition) is 6. The van der Waals surface area contributed by atoms with Crippen molar-refractivity contribution >= 4 is 56.4 Å². The molecule has 3 amide bonds. The summed E-state index contributed by atoms with van der Waals surface area (Å²) in [6.07, 6.45) is 3.55. The molecule has 0 spiro atoms. The molecule has 0 unspecified atom stereocenters. The minimum Gasteiger partial charge on any atom is -0.354 e. The largest absolute Gasteiger partial charge is 0.354 e. The summed E-state index contributed by atoms with van der Waals surface area (Å²) in [7, 11) is 0. The van der Waals surface area contributed by atoms with Gasteiger partial charge < -0.3 is 5.32 Å².